The molecule has 1 aromatic carbocycles. The van der Waals surface area contributed by atoms with Crippen molar-refractivity contribution in [3.63, 3.8) is 0 Å². The van der Waals surface area contributed by atoms with Crippen LogP contribution in [-0.4, -0.2) is 36.5 Å². The van der Waals surface area contributed by atoms with Crippen LogP contribution in [-0.2, 0) is 11.2 Å². The van der Waals surface area contributed by atoms with Crippen molar-refractivity contribution in [3.05, 3.63) is 29.8 Å². The summed E-state index contributed by atoms with van der Waals surface area (Å²) in [5, 5.41) is 3.11. The van der Waals surface area contributed by atoms with Gasteiger partial charge in [0, 0.05) is 12.2 Å². The van der Waals surface area contributed by atoms with Crippen LogP contribution < -0.4 is 11.1 Å². The zero-order valence-corrected chi connectivity index (χ0v) is 13.8. The molecule has 0 radical (unpaired) electrons. The number of amides is 1. The summed E-state index contributed by atoms with van der Waals surface area (Å²) in [6.07, 6.45) is 5.39. The minimum atomic E-state index is 0. The highest BCUT2D eigenvalue weighted by Gasteiger charge is 2.31. The second kappa shape index (κ2) is 7.95. The zero-order valence-electron chi connectivity index (χ0n) is 13.0. The molecular weight excluding hydrogens is 298 g/mol. The zero-order chi connectivity index (χ0) is 14.7. The Hall–Kier alpha value is -1.10. The molecule has 1 fully saturated rings. The Balaban J connectivity index is 0.00000176. The molecule has 0 aliphatic carbocycles. The van der Waals surface area contributed by atoms with Gasteiger partial charge in [0.15, 0.2) is 0 Å². The Morgan fingerprint density at radius 1 is 1.27 bits per heavy atom. The number of aryl methyl sites for hydroxylation is 1. The molecular formula is C17H26ClN3O. The van der Waals surface area contributed by atoms with E-state index in [2.05, 4.69) is 16.3 Å². The number of piperidine rings is 1. The molecule has 1 aromatic rings. The van der Waals surface area contributed by atoms with Crippen molar-refractivity contribution in [2.45, 2.75) is 38.1 Å². The van der Waals surface area contributed by atoms with Crippen molar-refractivity contribution in [1.82, 2.24) is 4.90 Å². The number of hydrogen-bond acceptors (Lipinski definition) is 3. The normalized spacial score (nSPS) is 25.6. The largest absolute Gasteiger partial charge is 0.330 e. The first-order valence-electron chi connectivity index (χ1n) is 8.11. The van der Waals surface area contributed by atoms with Gasteiger partial charge < -0.3 is 11.1 Å². The first kappa shape index (κ1) is 17.3. The van der Waals surface area contributed by atoms with Gasteiger partial charge in [-0.2, -0.15) is 0 Å². The van der Waals surface area contributed by atoms with Crippen LogP contribution in [0.1, 0.15) is 31.2 Å². The Morgan fingerprint density at radius 3 is 2.91 bits per heavy atom. The van der Waals surface area contributed by atoms with Crippen LogP contribution in [0.15, 0.2) is 24.3 Å². The van der Waals surface area contributed by atoms with Crippen molar-refractivity contribution in [1.29, 1.82) is 0 Å². The van der Waals surface area contributed by atoms with Crippen LogP contribution in [0.5, 0.6) is 0 Å². The third-order valence-electron chi connectivity index (χ3n) is 4.83. The van der Waals surface area contributed by atoms with E-state index in [0.717, 1.165) is 44.6 Å². The maximum atomic E-state index is 12.6. The molecule has 1 amide bonds. The van der Waals surface area contributed by atoms with Gasteiger partial charge in [-0.25, -0.2) is 0 Å². The molecule has 1 saturated heterocycles. The summed E-state index contributed by atoms with van der Waals surface area (Å²) in [6, 6.07) is 8.16. The van der Waals surface area contributed by atoms with Crippen molar-refractivity contribution in [2.24, 2.45) is 11.7 Å². The van der Waals surface area contributed by atoms with E-state index in [1.807, 2.05) is 18.2 Å². The molecule has 2 aliphatic heterocycles. The highest BCUT2D eigenvalue weighted by atomic mass is 35.5. The number of halogens is 1. The minimum absolute atomic E-state index is 0. The number of para-hydroxylation sites is 1. The maximum absolute atomic E-state index is 12.6. The molecule has 0 saturated carbocycles. The minimum Gasteiger partial charge on any atom is -0.330 e. The molecule has 0 bridgehead atoms. The summed E-state index contributed by atoms with van der Waals surface area (Å²) in [4.78, 5) is 14.9. The summed E-state index contributed by atoms with van der Waals surface area (Å²) in [6.45, 7) is 2.81. The highest BCUT2D eigenvalue weighted by Crippen LogP contribution is 2.27. The molecule has 3 N–H and O–H groups in total. The predicted octanol–water partition coefficient (Wildman–Crippen LogP) is 2.42. The molecule has 22 heavy (non-hydrogen) atoms. The first-order chi connectivity index (χ1) is 10.3. The second-order valence-corrected chi connectivity index (χ2v) is 6.28. The Bertz CT molecular complexity index is 506. The van der Waals surface area contributed by atoms with E-state index in [-0.39, 0.29) is 24.4 Å². The molecule has 2 heterocycles. The smallest absolute Gasteiger partial charge is 0.241 e. The van der Waals surface area contributed by atoms with E-state index >= 15 is 0 Å². The molecule has 2 atom stereocenters. The lowest BCUT2D eigenvalue weighted by molar-refractivity contribution is -0.122. The number of hydrogen-bond donors (Lipinski definition) is 2. The lowest BCUT2D eigenvalue weighted by atomic mass is 9.93. The third-order valence-corrected chi connectivity index (χ3v) is 4.83. The van der Waals surface area contributed by atoms with Crippen LogP contribution in [0.4, 0.5) is 5.69 Å². The Morgan fingerprint density at radius 2 is 2.09 bits per heavy atom. The van der Waals surface area contributed by atoms with Crippen molar-refractivity contribution in [3.8, 4) is 0 Å². The fraction of sp³-hybridized carbons (Fsp3) is 0.588. The summed E-state index contributed by atoms with van der Waals surface area (Å²) in [7, 11) is 0. The molecule has 0 aromatic heterocycles. The molecule has 4 nitrogen and oxygen atoms in total. The van der Waals surface area contributed by atoms with Crippen molar-refractivity contribution >= 4 is 24.0 Å². The fourth-order valence-corrected chi connectivity index (χ4v) is 3.70. The Labute approximate surface area is 138 Å². The van der Waals surface area contributed by atoms with Gasteiger partial charge in [-0.05, 0) is 62.7 Å². The van der Waals surface area contributed by atoms with E-state index in [0.29, 0.717) is 5.92 Å². The van der Waals surface area contributed by atoms with Gasteiger partial charge in [-0.15, -0.1) is 12.4 Å². The van der Waals surface area contributed by atoms with Crippen LogP contribution in [0.25, 0.3) is 0 Å². The van der Waals surface area contributed by atoms with Gasteiger partial charge in [-0.3, -0.25) is 9.69 Å². The van der Waals surface area contributed by atoms with Crippen LogP contribution in [0.3, 0.4) is 0 Å². The number of nitrogens with zero attached hydrogens (tertiary/aromatic N) is 1. The van der Waals surface area contributed by atoms with E-state index in [9.17, 15) is 4.79 Å². The van der Waals surface area contributed by atoms with Gasteiger partial charge in [0.1, 0.15) is 0 Å². The number of nitrogens with one attached hydrogen (secondary N) is 1. The van der Waals surface area contributed by atoms with E-state index in [1.54, 1.807) is 0 Å². The number of rotatable bonds is 3. The summed E-state index contributed by atoms with van der Waals surface area (Å²) in [5.74, 6) is 0.815. The number of fused-ring (bicyclic) bond motifs is 1. The number of anilines is 1. The standard InChI is InChI=1S/C17H25N3O.ClH/c18-10-9-13-4-3-11-20(12-13)16-8-7-14-5-1-2-6-15(14)19-17(16)21;/h1-2,5-6,13,16H,3-4,7-12,18H2,(H,19,21);1H. The van der Waals surface area contributed by atoms with Gasteiger partial charge in [0.2, 0.25) is 5.91 Å². The monoisotopic (exact) mass is 323 g/mol. The topological polar surface area (TPSA) is 58.4 Å². The average Bonchev–Trinajstić information content (AvgIpc) is 2.66. The van der Waals surface area contributed by atoms with E-state index in [4.69, 9.17) is 5.73 Å². The maximum Gasteiger partial charge on any atom is 0.241 e. The van der Waals surface area contributed by atoms with Gasteiger partial charge in [0.05, 0.1) is 6.04 Å². The molecule has 2 unspecified atom stereocenters. The lowest BCUT2D eigenvalue weighted by Crippen LogP contribution is -2.48. The molecule has 0 spiro atoms. The summed E-state index contributed by atoms with van der Waals surface area (Å²) in [5.41, 5.74) is 7.94. The summed E-state index contributed by atoms with van der Waals surface area (Å²) < 4.78 is 0. The molecule has 5 heteroatoms. The number of likely N-dealkylation sites (tertiary alicyclic amines) is 1. The lowest BCUT2D eigenvalue weighted by Gasteiger charge is -2.37. The van der Waals surface area contributed by atoms with E-state index < -0.39 is 0 Å². The van der Waals surface area contributed by atoms with Gasteiger partial charge in [-0.1, -0.05) is 18.2 Å². The summed E-state index contributed by atoms with van der Waals surface area (Å²) >= 11 is 0. The average molecular weight is 324 g/mol. The quantitative estimate of drug-likeness (QED) is 0.898. The molecule has 3 rings (SSSR count). The number of nitrogens with two attached hydrogens (primary N) is 1. The third kappa shape index (κ3) is 3.80. The number of carbonyl (C=O) groups excluding carboxylic acids is 1. The van der Waals surface area contributed by atoms with Crippen molar-refractivity contribution in [2.75, 3.05) is 25.0 Å². The SMILES string of the molecule is Cl.NCCC1CCCN(C2CCc3ccccc3NC2=O)C1. The van der Waals surface area contributed by atoms with Gasteiger partial charge in [0.25, 0.3) is 0 Å². The highest BCUT2D eigenvalue weighted by molar-refractivity contribution is 5.96. The second-order valence-electron chi connectivity index (χ2n) is 6.28. The Kier molecular flexibility index (Phi) is 6.24. The number of benzene rings is 1. The van der Waals surface area contributed by atoms with Crippen LogP contribution in [0.2, 0.25) is 0 Å². The predicted molar refractivity (Wildman–Crippen MR) is 92.4 cm³/mol. The molecule has 122 valence electrons. The fourth-order valence-electron chi connectivity index (χ4n) is 3.70. The van der Waals surface area contributed by atoms with Gasteiger partial charge >= 0.3 is 0 Å². The van der Waals surface area contributed by atoms with Crippen LogP contribution >= 0.6 is 12.4 Å². The van der Waals surface area contributed by atoms with Crippen molar-refractivity contribution < 1.29 is 4.79 Å². The first-order valence-corrected chi connectivity index (χ1v) is 8.11. The molecule has 2 aliphatic rings. The van der Waals surface area contributed by atoms with E-state index in [1.165, 1.54) is 18.4 Å². The number of carbonyl (C=O) groups is 1. The van der Waals surface area contributed by atoms with Crippen LogP contribution in [0, 0.1) is 5.92 Å².